The molecule has 3 heterocycles. The molecule has 0 unspecified atom stereocenters. The summed E-state index contributed by atoms with van der Waals surface area (Å²) in [4.78, 5) is 39.2. The monoisotopic (exact) mass is 548 g/mol. The van der Waals surface area contributed by atoms with Gasteiger partial charge in [-0.05, 0) is 42.3 Å². The third-order valence-corrected chi connectivity index (χ3v) is 6.28. The first-order chi connectivity index (χ1) is 18.3. The summed E-state index contributed by atoms with van der Waals surface area (Å²) in [5, 5.41) is 15.7. The second-order valence-corrected chi connectivity index (χ2v) is 9.07. The summed E-state index contributed by atoms with van der Waals surface area (Å²) in [6, 6.07) is 12.2. The van der Waals surface area contributed by atoms with Crippen molar-refractivity contribution >= 4 is 52.0 Å². The molecule has 2 aromatic carbocycles. The van der Waals surface area contributed by atoms with Crippen molar-refractivity contribution in [1.29, 1.82) is 5.26 Å². The Morgan fingerprint density at radius 1 is 1.11 bits per heavy atom. The summed E-state index contributed by atoms with van der Waals surface area (Å²) < 4.78 is 7.77. The van der Waals surface area contributed by atoms with E-state index in [1.165, 1.54) is 23.0 Å². The number of nitrogens with one attached hydrogen (secondary N) is 2. The van der Waals surface area contributed by atoms with Crippen molar-refractivity contribution < 1.29 is 4.42 Å². The van der Waals surface area contributed by atoms with E-state index in [0.717, 1.165) is 10.1 Å². The number of halogens is 2. The Bertz CT molecular complexity index is 1870. The van der Waals surface area contributed by atoms with Gasteiger partial charge in [0.25, 0.3) is 6.01 Å². The predicted octanol–water partition coefficient (Wildman–Crippen LogP) is 4.25. The topological polar surface area (TPSA) is 144 Å². The number of rotatable bonds is 6. The fourth-order valence-electron chi connectivity index (χ4n) is 3.83. The lowest BCUT2D eigenvalue weighted by molar-refractivity contribution is 0.620. The molecule has 5 rings (SSSR count). The smallest absolute Gasteiger partial charge is 0.359 e. The van der Waals surface area contributed by atoms with Crippen molar-refractivity contribution in [2.24, 2.45) is 0 Å². The zero-order valence-electron chi connectivity index (χ0n) is 20.0. The van der Waals surface area contributed by atoms with Crippen molar-refractivity contribution in [1.82, 2.24) is 24.1 Å². The highest BCUT2D eigenvalue weighted by atomic mass is 35.5. The lowest BCUT2D eigenvalue weighted by Crippen LogP contribution is -2.41. The van der Waals surface area contributed by atoms with Crippen molar-refractivity contribution in [2.45, 2.75) is 13.5 Å². The molecule has 0 amide bonds. The Morgan fingerprint density at radius 3 is 2.66 bits per heavy atom. The van der Waals surface area contributed by atoms with E-state index in [4.69, 9.17) is 27.6 Å². The van der Waals surface area contributed by atoms with Crippen molar-refractivity contribution in [3.8, 4) is 11.8 Å². The number of nitriles is 1. The van der Waals surface area contributed by atoms with Gasteiger partial charge in [0.05, 0.1) is 45.8 Å². The number of nitrogens with zero attached hydrogens (tertiary/aromatic N) is 6. The van der Waals surface area contributed by atoms with Gasteiger partial charge < -0.3 is 15.1 Å². The molecule has 0 saturated heterocycles. The van der Waals surface area contributed by atoms with Crippen LogP contribution in [0.15, 0.2) is 62.8 Å². The van der Waals surface area contributed by atoms with Crippen LogP contribution in [0.3, 0.4) is 0 Å². The molecule has 0 aliphatic carbocycles. The fraction of sp³-hybridized carbons (Fsp3) is 0.120. The number of oxazole rings is 1. The third kappa shape index (κ3) is 4.70. The second-order valence-electron chi connectivity index (χ2n) is 8.23. The zero-order valence-corrected chi connectivity index (χ0v) is 21.5. The van der Waals surface area contributed by atoms with Crippen LogP contribution < -0.4 is 22.0 Å². The molecule has 0 spiro atoms. The van der Waals surface area contributed by atoms with Crippen LogP contribution in [-0.2, 0) is 6.54 Å². The van der Waals surface area contributed by atoms with Gasteiger partial charge in [-0.1, -0.05) is 29.3 Å². The highest BCUT2D eigenvalue weighted by Crippen LogP contribution is 2.31. The first-order valence-corrected chi connectivity index (χ1v) is 11.9. The van der Waals surface area contributed by atoms with Gasteiger partial charge in [-0.2, -0.15) is 15.2 Å². The minimum absolute atomic E-state index is 0.00410. The first-order valence-electron chi connectivity index (χ1n) is 11.2. The Morgan fingerprint density at radius 2 is 1.92 bits per heavy atom. The van der Waals surface area contributed by atoms with Gasteiger partial charge in [0.2, 0.25) is 5.95 Å². The van der Waals surface area contributed by atoms with Gasteiger partial charge in [0.1, 0.15) is 5.52 Å². The molecule has 190 valence electrons. The molecule has 5 aromatic rings. The molecular weight excluding hydrogens is 531 g/mol. The Labute approximate surface area is 224 Å². The molecule has 2 N–H and O–H groups in total. The number of benzene rings is 2. The molecule has 38 heavy (non-hydrogen) atoms. The van der Waals surface area contributed by atoms with E-state index in [-0.39, 0.29) is 28.2 Å². The second kappa shape index (κ2) is 10.0. The first kappa shape index (κ1) is 25.0. The average molecular weight is 549 g/mol. The van der Waals surface area contributed by atoms with Crippen LogP contribution in [0, 0.1) is 18.3 Å². The van der Waals surface area contributed by atoms with Gasteiger partial charge in [-0.25, -0.2) is 14.2 Å². The van der Waals surface area contributed by atoms with E-state index in [2.05, 4.69) is 31.7 Å². The number of fused-ring (bicyclic) bond motifs is 1. The minimum atomic E-state index is -0.852. The minimum Gasteiger partial charge on any atom is -0.423 e. The van der Waals surface area contributed by atoms with E-state index in [1.807, 2.05) is 6.92 Å². The summed E-state index contributed by atoms with van der Waals surface area (Å²) in [7, 11) is 1.67. The average Bonchev–Trinajstić information content (AvgIpc) is 3.29. The lowest BCUT2D eigenvalue weighted by atomic mass is 10.1. The Hall–Kier alpha value is -4.66. The van der Waals surface area contributed by atoms with Crippen LogP contribution >= 0.6 is 23.2 Å². The molecule has 0 saturated carbocycles. The highest BCUT2D eigenvalue weighted by molar-refractivity contribution is 6.34. The van der Waals surface area contributed by atoms with Crippen LogP contribution in [0.25, 0.3) is 16.8 Å². The van der Waals surface area contributed by atoms with E-state index in [1.54, 1.807) is 37.4 Å². The predicted molar refractivity (Wildman–Crippen MR) is 144 cm³/mol. The molecule has 13 heteroatoms. The van der Waals surface area contributed by atoms with E-state index in [9.17, 15) is 14.9 Å². The van der Waals surface area contributed by atoms with Crippen LogP contribution in [-0.4, -0.2) is 31.1 Å². The molecule has 0 fully saturated rings. The zero-order chi connectivity index (χ0) is 27.0. The van der Waals surface area contributed by atoms with Gasteiger partial charge in [-0.15, -0.1) is 0 Å². The van der Waals surface area contributed by atoms with Crippen LogP contribution in [0.5, 0.6) is 0 Å². The lowest BCUT2D eigenvalue weighted by Gasteiger charge is -2.17. The maximum Gasteiger partial charge on any atom is 0.359 e. The standard InChI is InChI=1S/C25H18Cl2N8O3/c1-13-3-4-14(9-28)5-15(13)12-34-22(31-19-8-21-20(7-18(19)27)32-23(29-2)38-21)33-24(36)35(25(34)37)17-6-16(26)10-30-11-17/h3-8,10-11H,12H2,1-2H3,(H,29,32)(H,31,33,36). The number of aromatic nitrogens is 5. The number of hydrogen-bond donors (Lipinski definition) is 2. The van der Waals surface area contributed by atoms with Gasteiger partial charge in [-0.3, -0.25) is 9.55 Å². The Kier molecular flexibility index (Phi) is 6.59. The molecule has 0 atom stereocenters. The molecular formula is C25H18Cl2N8O3. The summed E-state index contributed by atoms with van der Waals surface area (Å²) in [6.07, 6.45) is 2.72. The van der Waals surface area contributed by atoms with Crippen molar-refractivity contribution in [2.75, 3.05) is 17.7 Å². The maximum atomic E-state index is 13.8. The number of anilines is 3. The van der Waals surface area contributed by atoms with Gasteiger partial charge in [0.15, 0.2) is 5.58 Å². The quantitative estimate of drug-likeness (QED) is 0.318. The van der Waals surface area contributed by atoms with Gasteiger partial charge in [0, 0.05) is 19.3 Å². The van der Waals surface area contributed by atoms with Gasteiger partial charge >= 0.3 is 11.4 Å². The molecule has 0 bridgehead atoms. The van der Waals surface area contributed by atoms with Crippen molar-refractivity contribution in [3.63, 3.8) is 0 Å². The fourth-order valence-corrected chi connectivity index (χ4v) is 4.20. The molecule has 0 radical (unpaired) electrons. The SMILES string of the molecule is CNc1nc2cc(Cl)c(Nc3nc(=O)n(-c4cncc(Cl)c4)c(=O)n3Cc3cc(C#N)ccc3C)cc2o1. The summed E-state index contributed by atoms with van der Waals surface area (Å²) in [5.74, 6) is -0.0670. The maximum absolute atomic E-state index is 13.8. The van der Waals surface area contributed by atoms with Crippen molar-refractivity contribution in [3.05, 3.63) is 96.5 Å². The van der Waals surface area contributed by atoms with E-state index < -0.39 is 11.4 Å². The summed E-state index contributed by atoms with van der Waals surface area (Å²) in [6.45, 7) is 1.85. The highest BCUT2D eigenvalue weighted by Gasteiger charge is 2.19. The van der Waals surface area contributed by atoms with Crippen LogP contribution in [0.1, 0.15) is 16.7 Å². The molecule has 11 nitrogen and oxygen atoms in total. The Balaban J connectivity index is 1.69. The van der Waals surface area contributed by atoms with Crippen LogP contribution in [0.2, 0.25) is 10.0 Å². The molecule has 0 aliphatic rings. The number of hydrogen-bond acceptors (Lipinski definition) is 9. The summed E-state index contributed by atoms with van der Waals surface area (Å²) in [5.41, 5.74) is 1.82. The number of aryl methyl sites for hydroxylation is 1. The van der Waals surface area contributed by atoms with E-state index in [0.29, 0.717) is 33.9 Å². The largest absolute Gasteiger partial charge is 0.423 e. The summed E-state index contributed by atoms with van der Waals surface area (Å²) >= 11 is 12.5. The number of pyridine rings is 1. The molecule has 0 aliphatic heterocycles. The third-order valence-electron chi connectivity index (χ3n) is 5.76. The molecule has 3 aromatic heterocycles. The van der Waals surface area contributed by atoms with E-state index >= 15 is 0 Å². The normalized spacial score (nSPS) is 10.9. The van der Waals surface area contributed by atoms with Crippen LogP contribution in [0.4, 0.5) is 17.7 Å².